The van der Waals surface area contributed by atoms with Crippen molar-refractivity contribution in [2.24, 2.45) is 11.7 Å². The SMILES string of the molecule is CCCCCCCCCCCC(=O)N(O)C(=O)CCCCCCCCCCC.NN. The molecule has 0 radical (unpaired) electrons. The Morgan fingerprint density at radius 3 is 1.03 bits per heavy atom. The summed E-state index contributed by atoms with van der Waals surface area (Å²) in [5.74, 6) is 7.12. The summed E-state index contributed by atoms with van der Waals surface area (Å²) >= 11 is 0. The molecule has 0 saturated heterocycles. The second kappa shape index (κ2) is 26.1. The van der Waals surface area contributed by atoms with Gasteiger partial charge in [-0.05, 0) is 12.8 Å². The van der Waals surface area contributed by atoms with E-state index < -0.39 is 11.8 Å². The van der Waals surface area contributed by atoms with Crippen molar-refractivity contribution in [2.45, 2.75) is 142 Å². The van der Waals surface area contributed by atoms with Crippen LogP contribution in [0, 0.1) is 0 Å². The van der Waals surface area contributed by atoms with Crippen LogP contribution in [0.3, 0.4) is 0 Å². The Hall–Kier alpha value is -0.980. The predicted octanol–water partition coefficient (Wildman–Crippen LogP) is 6.39. The monoisotopic (exact) mass is 429 g/mol. The fourth-order valence-corrected chi connectivity index (χ4v) is 3.52. The van der Waals surface area contributed by atoms with Gasteiger partial charge in [0, 0.05) is 12.8 Å². The number of hydrogen-bond donors (Lipinski definition) is 3. The molecule has 30 heavy (non-hydrogen) atoms. The average molecular weight is 430 g/mol. The van der Waals surface area contributed by atoms with E-state index in [-0.39, 0.29) is 12.8 Å². The number of hydrogen-bond acceptors (Lipinski definition) is 5. The standard InChI is InChI=1S/C24H47NO3.H4N2/c1-3-5-7-9-11-13-15-17-19-21-23(26)25(28)24(27)22-20-18-16-14-12-10-8-6-4-2;1-2/h28H,3-22H2,1-2H3;1-2H2. The van der Waals surface area contributed by atoms with Gasteiger partial charge in [0.05, 0.1) is 0 Å². The molecule has 6 heteroatoms. The van der Waals surface area contributed by atoms with Crippen LogP contribution in [0.2, 0.25) is 0 Å². The van der Waals surface area contributed by atoms with Crippen LogP contribution in [0.15, 0.2) is 0 Å². The van der Waals surface area contributed by atoms with Gasteiger partial charge in [-0.2, -0.15) is 5.06 Å². The number of carbonyl (C=O) groups is 2. The molecule has 0 aliphatic carbocycles. The number of unbranched alkanes of at least 4 members (excludes halogenated alkanes) is 16. The number of rotatable bonds is 20. The van der Waals surface area contributed by atoms with Crippen molar-refractivity contribution in [1.82, 2.24) is 5.06 Å². The van der Waals surface area contributed by atoms with Gasteiger partial charge in [0.1, 0.15) is 0 Å². The van der Waals surface area contributed by atoms with Gasteiger partial charge >= 0.3 is 0 Å². The van der Waals surface area contributed by atoms with Crippen molar-refractivity contribution in [3.05, 3.63) is 0 Å². The maximum absolute atomic E-state index is 11.9. The Balaban J connectivity index is 0. The van der Waals surface area contributed by atoms with Gasteiger partial charge in [-0.15, -0.1) is 0 Å². The van der Waals surface area contributed by atoms with Gasteiger partial charge in [0.25, 0.3) is 11.8 Å². The van der Waals surface area contributed by atoms with Crippen LogP contribution >= 0.6 is 0 Å². The lowest BCUT2D eigenvalue weighted by molar-refractivity contribution is -0.179. The van der Waals surface area contributed by atoms with Crippen molar-refractivity contribution in [1.29, 1.82) is 0 Å². The van der Waals surface area contributed by atoms with Crippen LogP contribution in [0.1, 0.15) is 142 Å². The molecule has 0 fully saturated rings. The average Bonchev–Trinajstić information content (AvgIpc) is 2.77. The molecule has 2 amide bonds. The number of amides is 2. The number of carbonyl (C=O) groups excluding carboxylic acids is 2. The molecular formula is C24H51N3O3. The van der Waals surface area contributed by atoms with Gasteiger partial charge in [0.15, 0.2) is 0 Å². The number of nitrogens with two attached hydrogens (primary N) is 2. The van der Waals surface area contributed by atoms with Crippen molar-refractivity contribution in [3.8, 4) is 0 Å². The third-order valence-electron chi connectivity index (χ3n) is 5.46. The van der Waals surface area contributed by atoms with Crippen molar-refractivity contribution in [2.75, 3.05) is 0 Å². The summed E-state index contributed by atoms with van der Waals surface area (Å²) in [6.07, 6.45) is 21.8. The minimum absolute atomic E-state index is 0.274. The summed E-state index contributed by atoms with van der Waals surface area (Å²) in [6, 6.07) is 0. The Bertz CT molecular complexity index is 345. The highest BCUT2D eigenvalue weighted by Crippen LogP contribution is 2.13. The summed E-state index contributed by atoms with van der Waals surface area (Å²) in [6.45, 7) is 4.45. The molecule has 6 nitrogen and oxygen atoms in total. The highest BCUT2D eigenvalue weighted by atomic mass is 16.5. The first-order valence-corrected chi connectivity index (χ1v) is 12.5. The van der Waals surface area contributed by atoms with Gasteiger partial charge in [-0.3, -0.25) is 26.5 Å². The zero-order chi connectivity index (χ0) is 22.9. The zero-order valence-corrected chi connectivity index (χ0v) is 20.0. The molecule has 0 unspecified atom stereocenters. The van der Waals surface area contributed by atoms with Crippen LogP contribution in [-0.4, -0.2) is 22.1 Å². The molecule has 0 bridgehead atoms. The smallest absolute Gasteiger partial charge is 0.253 e. The maximum Gasteiger partial charge on any atom is 0.253 e. The molecule has 0 rings (SSSR count). The first-order chi connectivity index (χ1) is 14.6. The van der Waals surface area contributed by atoms with E-state index in [2.05, 4.69) is 25.5 Å². The lowest BCUT2D eigenvalue weighted by Gasteiger charge is -2.13. The van der Waals surface area contributed by atoms with E-state index >= 15 is 0 Å². The van der Waals surface area contributed by atoms with Crippen molar-refractivity contribution >= 4 is 11.8 Å². The molecule has 0 spiro atoms. The van der Waals surface area contributed by atoms with E-state index in [4.69, 9.17) is 0 Å². The molecule has 0 atom stereocenters. The molecule has 0 saturated carbocycles. The second-order valence-electron chi connectivity index (χ2n) is 8.26. The van der Waals surface area contributed by atoms with E-state index in [9.17, 15) is 14.8 Å². The normalized spacial score (nSPS) is 10.4. The van der Waals surface area contributed by atoms with Gasteiger partial charge in [-0.25, -0.2) is 0 Å². The van der Waals surface area contributed by atoms with E-state index in [1.807, 2.05) is 0 Å². The minimum atomic E-state index is -0.441. The summed E-state index contributed by atoms with van der Waals surface area (Å²) in [5, 5.41) is 10.1. The largest absolute Gasteiger partial charge is 0.279 e. The molecule has 0 heterocycles. The Kier molecular flexibility index (Phi) is 27.1. The molecule has 0 aliphatic rings. The van der Waals surface area contributed by atoms with E-state index in [1.54, 1.807) is 0 Å². The molecule has 0 aromatic rings. The van der Waals surface area contributed by atoms with Crippen LogP contribution in [0.4, 0.5) is 0 Å². The predicted molar refractivity (Wildman–Crippen MR) is 126 cm³/mol. The fourth-order valence-electron chi connectivity index (χ4n) is 3.52. The second-order valence-corrected chi connectivity index (χ2v) is 8.26. The van der Waals surface area contributed by atoms with Gasteiger partial charge in [0.2, 0.25) is 0 Å². The third kappa shape index (κ3) is 21.7. The van der Waals surface area contributed by atoms with E-state index in [0.29, 0.717) is 5.06 Å². The number of hydrazine groups is 1. The molecule has 5 N–H and O–H groups in total. The van der Waals surface area contributed by atoms with Crippen molar-refractivity contribution < 1.29 is 14.8 Å². The Morgan fingerprint density at radius 2 is 0.767 bits per heavy atom. The molecular weight excluding hydrogens is 378 g/mol. The molecule has 0 aliphatic heterocycles. The molecule has 0 aromatic heterocycles. The highest BCUT2D eigenvalue weighted by Gasteiger charge is 2.18. The van der Waals surface area contributed by atoms with Crippen LogP contribution in [0.5, 0.6) is 0 Å². The fraction of sp³-hybridized carbons (Fsp3) is 0.917. The van der Waals surface area contributed by atoms with Gasteiger partial charge < -0.3 is 0 Å². The minimum Gasteiger partial charge on any atom is -0.279 e. The van der Waals surface area contributed by atoms with Crippen LogP contribution in [-0.2, 0) is 9.59 Å². The Labute approximate surface area is 186 Å². The van der Waals surface area contributed by atoms with E-state index in [1.165, 1.54) is 77.0 Å². The maximum atomic E-state index is 11.9. The number of imide groups is 1. The lowest BCUT2D eigenvalue weighted by Crippen LogP contribution is -2.33. The number of nitrogens with zero attached hydrogens (tertiary/aromatic N) is 1. The summed E-state index contributed by atoms with van der Waals surface area (Å²) in [7, 11) is 0. The topological polar surface area (TPSA) is 110 Å². The highest BCUT2D eigenvalue weighted by molar-refractivity contribution is 5.93. The Morgan fingerprint density at radius 1 is 0.533 bits per heavy atom. The molecule has 0 aromatic carbocycles. The third-order valence-corrected chi connectivity index (χ3v) is 5.46. The van der Waals surface area contributed by atoms with E-state index in [0.717, 1.165) is 38.5 Å². The first kappa shape index (κ1) is 31.2. The van der Waals surface area contributed by atoms with Crippen molar-refractivity contribution in [3.63, 3.8) is 0 Å². The number of hydroxylamine groups is 2. The summed E-state index contributed by atoms with van der Waals surface area (Å²) in [5.41, 5.74) is 0. The van der Waals surface area contributed by atoms with Gasteiger partial charge in [-0.1, -0.05) is 117 Å². The quantitative estimate of drug-likeness (QED) is 0.0898. The zero-order valence-electron chi connectivity index (χ0n) is 20.0. The first-order valence-electron chi connectivity index (χ1n) is 12.5. The van der Waals surface area contributed by atoms with Crippen LogP contribution < -0.4 is 11.7 Å². The molecule has 180 valence electrons. The lowest BCUT2D eigenvalue weighted by atomic mass is 10.1. The van der Waals surface area contributed by atoms with Crippen LogP contribution in [0.25, 0.3) is 0 Å². The summed E-state index contributed by atoms with van der Waals surface area (Å²) < 4.78 is 0. The summed E-state index contributed by atoms with van der Waals surface area (Å²) in [4.78, 5) is 23.8.